The summed E-state index contributed by atoms with van der Waals surface area (Å²) in [4.78, 5) is 42.1. The predicted octanol–water partition coefficient (Wildman–Crippen LogP) is 4.84. The second kappa shape index (κ2) is 9.81. The molecule has 9 nitrogen and oxygen atoms in total. The molecule has 1 fully saturated rings. The number of benzene rings is 2. The van der Waals surface area contributed by atoms with Gasteiger partial charge < -0.3 is 20.2 Å². The summed E-state index contributed by atoms with van der Waals surface area (Å²) < 4.78 is 24.1. The standard InChI is InChI=1S/C30H24FN5O4/c1-17-13-22(27(28(32)37)30(39)36(17)20-5-3-2-4-6-20)19-9-11-24(23(31)14-19)40-21-10-12-26-33-25(16-35(26)15-21)34-29(38)18-7-8-18/h2-6,9-16,18H,7-8H2,1H3,(H2,32,37)(H,34,38). The number of imidazole rings is 1. The van der Waals surface area contributed by atoms with E-state index in [1.165, 1.54) is 16.7 Å². The molecule has 2 aromatic carbocycles. The normalized spacial score (nSPS) is 12.8. The Morgan fingerprint density at radius 3 is 2.52 bits per heavy atom. The van der Waals surface area contributed by atoms with Crippen LogP contribution in [0.2, 0.25) is 0 Å². The number of fused-ring (bicyclic) bond motifs is 1. The van der Waals surface area contributed by atoms with Crippen LogP contribution in [0.1, 0.15) is 28.9 Å². The first-order chi connectivity index (χ1) is 19.3. The third kappa shape index (κ3) is 4.71. The van der Waals surface area contributed by atoms with E-state index in [9.17, 15) is 14.4 Å². The Labute approximate surface area is 227 Å². The molecule has 1 saturated carbocycles. The number of amides is 2. The fourth-order valence-corrected chi connectivity index (χ4v) is 4.64. The van der Waals surface area contributed by atoms with Crippen molar-refractivity contribution in [3.05, 3.63) is 107 Å². The molecule has 3 aromatic heterocycles. The zero-order chi connectivity index (χ0) is 28.0. The minimum atomic E-state index is -0.910. The van der Waals surface area contributed by atoms with E-state index in [1.807, 2.05) is 6.07 Å². The topological polar surface area (TPSA) is 121 Å². The smallest absolute Gasteiger partial charge is 0.268 e. The van der Waals surface area contributed by atoms with Crippen LogP contribution in [0.5, 0.6) is 11.5 Å². The molecule has 0 bridgehead atoms. The Bertz CT molecular complexity index is 1860. The van der Waals surface area contributed by atoms with Crippen LogP contribution < -0.4 is 21.3 Å². The number of para-hydroxylation sites is 1. The molecule has 0 atom stereocenters. The molecule has 0 radical (unpaired) electrons. The van der Waals surface area contributed by atoms with E-state index in [1.54, 1.807) is 72.2 Å². The first-order valence-electron chi connectivity index (χ1n) is 12.7. The van der Waals surface area contributed by atoms with Gasteiger partial charge in [-0.05, 0) is 67.8 Å². The Kier molecular flexibility index (Phi) is 6.14. The summed E-state index contributed by atoms with van der Waals surface area (Å²) in [6.45, 7) is 1.73. The maximum absolute atomic E-state index is 15.3. The Balaban J connectivity index is 1.30. The number of halogens is 1. The van der Waals surface area contributed by atoms with Crippen molar-refractivity contribution in [3.63, 3.8) is 0 Å². The molecular weight excluding hydrogens is 513 g/mol. The van der Waals surface area contributed by atoms with Gasteiger partial charge in [-0.15, -0.1) is 0 Å². The predicted molar refractivity (Wildman–Crippen MR) is 147 cm³/mol. The molecule has 3 N–H and O–H groups in total. The van der Waals surface area contributed by atoms with E-state index in [-0.39, 0.29) is 28.7 Å². The Hall–Kier alpha value is -5.25. The third-order valence-electron chi connectivity index (χ3n) is 6.75. The highest BCUT2D eigenvalue weighted by atomic mass is 19.1. The summed E-state index contributed by atoms with van der Waals surface area (Å²) >= 11 is 0. The minimum absolute atomic E-state index is 0.0471. The van der Waals surface area contributed by atoms with Crippen LogP contribution in [0.15, 0.2) is 83.9 Å². The summed E-state index contributed by atoms with van der Waals surface area (Å²) in [5.41, 5.74) is 7.05. The molecule has 1 aliphatic rings. The molecule has 5 aromatic rings. The van der Waals surface area contributed by atoms with Gasteiger partial charge in [-0.1, -0.05) is 24.3 Å². The lowest BCUT2D eigenvalue weighted by Crippen LogP contribution is -2.31. The lowest BCUT2D eigenvalue weighted by atomic mass is 9.99. The molecule has 10 heteroatoms. The number of hydrogen-bond acceptors (Lipinski definition) is 5. The van der Waals surface area contributed by atoms with Crippen LogP contribution in [0.3, 0.4) is 0 Å². The fraction of sp³-hybridized carbons (Fsp3) is 0.133. The summed E-state index contributed by atoms with van der Waals surface area (Å²) in [7, 11) is 0. The molecule has 0 unspecified atom stereocenters. The van der Waals surface area contributed by atoms with E-state index < -0.39 is 17.3 Å². The monoisotopic (exact) mass is 537 g/mol. The van der Waals surface area contributed by atoms with Gasteiger partial charge in [0.2, 0.25) is 5.91 Å². The van der Waals surface area contributed by atoms with Gasteiger partial charge >= 0.3 is 0 Å². The number of hydrogen-bond donors (Lipinski definition) is 2. The Morgan fingerprint density at radius 1 is 1.05 bits per heavy atom. The van der Waals surface area contributed by atoms with E-state index in [0.717, 1.165) is 12.8 Å². The van der Waals surface area contributed by atoms with Gasteiger partial charge in [-0.25, -0.2) is 9.37 Å². The molecule has 2 amide bonds. The lowest BCUT2D eigenvalue weighted by molar-refractivity contribution is -0.117. The number of ether oxygens (including phenoxy) is 1. The second-order valence-corrected chi connectivity index (χ2v) is 9.68. The van der Waals surface area contributed by atoms with Gasteiger partial charge in [0.05, 0.1) is 12.4 Å². The van der Waals surface area contributed by atoms with Crippen LogP contribution in [0, 0.1) is 18.7 Å². The van der Waals surface area contributed by atoms with Crippen LogP contribution in [-0.2, 0) is 4.79 Å². The molecular formula is C30H24FN5O4. The zero-order valence-electron chi connectivity index (χ0n) is 21.4. The third-order valence-corrected chi connectivity index (χ3v) is 6.75. The van der Waals surface area contributed by atoms with Crippen molar-refractivity contribution in [2.75, 3.05) is 5.32 Å². The minimum Gasteiger partial charge on any atom is -0.453 e. The van der Waals surface area contributed by atoms with Crippen LogP contribution >= 0.6 is 0 Å². The van der Waals surface area contributed by atoms with E-state index in [0.29, 0.717) is 34.2 Å². The van der Waals surface area contributed by atoms with Crippen LogP contribution in [-0.4, -0.2) is 25.8 Å². The average molecular weight is 538 g/mol. The number of nitrogens with two attached hydrogens (primary N) is 1. The molecule has 6 rings (SSSR count). The van der Waals surface area contributed by atoms with Crippen molar-refractivity contribution in [2.24, 2.45) is 11.7 Å². The quantitative estimate of drug-likeness (QED) is 0.308. The van der Waals surface area contributed by atoms with E-state index in [4.69, 9.17) is 10.5 Å². The number of rotatable bonds is 7. The fourth-order valence-electron chi connectivity index (χ4n) is 4.64. The van der Waals surface area contributed by atoms with E-state index >= 15 is 4.39 Å². The molecule has 3 heterocycles. The first kappa shape index (κ1) is 25.1. The zero-order valence-corrected chi connectivity index (χ0v) is 21.4. The van der Waals surface area contributed by atoms with Crippen LogP contribution in [0.4, 0.5) is 10.2 Å². The molecule has 40 heavy (non-hydrogen) atoms. The molecule has 0 aliphatic heterocycles. The number of aryl methyl sites for hydroxylation is 1. The molecule has 0 saturated heterocycles. The lowest BCUT2D eigenvalue weighted by Gasteiger charge is -2.16. The number of primary amides is 1. The largest absolute Gasteiger partial charge is 0.453 e. The highest BCUT2D eigenvalue weighted by molar-refractivity contribution is 5.99. The number of anilines is 1. The first-order valence-corrected chi connectivity index (χ1v) is 12.7. The second-order valence-electron chi connectivity index (χ2n) is 9.68. The highest BCUT2D eigenvalue weighted by Crippen LogP contribution is 2.32. The molecule has 0 spiro atoms. The number of nitrogens with zero attached hydrogens (tertiary/aromatic N) is 3. The maximum atomic E-state index is 15.3. The van der Waals surface area contributed by atoms with Crippen molar-refractivity contribution >= 4 is 23.3 Å². The van der Waals surface area contributed by atoms with Gasteiger partial charge in [0.25, 0.3) is 11.5 Å². The van der Waals surface area contributed by atoms with Gasteiger partial charge in [0.1, 0.15) is 17.0 Å². The van der Waals surface area contributed by atoms with Gasteiger partial charge in [-0.2, -0.15) is 0 Å². The van der Waals surface area contributed by atoms with Gasteiger partial charge in [-0.3, -0.25) is 19.0 Å². The van der Waals surface area contributed by atoms with E-state index in [2.05, 4.69) is 10.3 Å². The summed E-state index contributed by atoms with van der Waals surface area (Å²) in [6.07, 6.45) is 5.06. The van der Waals surface area contributed by atoms with Crippen LogP contribution in [0.25, 0.3) is 22.5 Å². The molecule has 200 valence electrons. The number of nitrogens with one attached hydrogen (secondary N) is 1. The number of aromatic nitrogens is 3. The maximum Gasteiger partial charge on any atom is 0.268 e. The SMILES string of the molecule is Cc1cc(-c2ccc(Oc3ccc4nc(NC(=O)C5CC5)cn4c3)c(F)c2)c(C(N)=O)c(=O)n1-c1ccccc1. The Morgan fingerprint density at radius 2 is 1.82 bits per heavy atom. The highest BCUT2D eigenvalue weighted by Gasteiger charge is 2.30. The van der Waals surface area contributed by atoms with Crippen molar-refractivity contribution < 1.29 is 18.7 Å². The summed E-state index contributed by atoms with van der Waals surface area (Å²) in [5, 5.41) is 2.80. The van der Waals surface area contributed by atoms with Crippen molar-refractivity contribution in [3.8, 4) is 28.3 Å². The van der Waals surface area contributed by atoms with Gasteiger partial charge in [0, 0.05) is 22.9 Å². The molecule has 1 aliphatic carbocycles. The number of carbonyl (C=O) groups excluding carboxylic acids is 2. The van der Waals surface area contributed by atoms with Crippen molar-refractivity contribution in [1.82, 2.24) is 14.0 Å². The van der Waals surface area contributed by atoms with Gasteiger partial charge in [0.15, 0.2) is 17.4 Å². The number of carbonyl (C=O) groups is 2. The average Bonchev–Trinajstić information content (AvgIpc) is 3.70. The number of pyridine rings is 2. The van der Waals surface area contributed by atoms with Crippen molar-refractivity contribution in [1.29, 1.82) is 0 Å². The van der Waals surface area contributed by atoms with Crippen molar-refractivity contribution in [2.45, 2.75) is 19.8 Å². The summed E-state index contributed by atoms with van der Waals surface area (Å²) in [5.74, 6) is -0.879. The summed E-state index contributed by atoms with van der Waals surface area (Å²) in [6, 6.07) is 18.0.